The lowest BCUT2D eigenvalue weighted by Crippen LogP contribution is -2.53. The maximum absolute atomic E-state index is 12.3. The van der Waals surface area contributed by atoms with Crippen LogP contribution >= 0.6 is 0 Å². The number of benzene rings is 1. The molecule has 152 valence electrons. The summed E-state index contributed by atoms with van der Waals surface area (Å²) >= 11 is 0. The molecule has 0 aromatic heterocycles. The van der Waals surface area contributed by atoms with Crippen molar-refractivity contribution in [2.45, 2.75) is 45.1 Å². The molecule has 0 bridgehead atoms. The number of rotatable bonds is 6. The molecule has 0 radical (unpaired) electrons. The van der Waals surface area contributed by atoms with Crippen molar-refractivity contribution in [2.75, 3.05) is 38.0 Å². The van der Waals surface area contributed by atoms with Crippen LogP contribution in [0, 0.1) is 0 Å². The van der Waals surface area contributed by atoms with E-state index in [2.05, 4.69) is 36.6 Å². The molecule has 7 nitrogen and oxygen atoms in total. The lowest BCUT2D eigenvalue weighted by Gasteiger charge is -2.33. The van der Waals surface area contributed by atoms with E-state index in [0.717, 1.165) is 24.9 Å². The Morgan fingerprint density at radius 2 is 1.71 bits per heavy atom. The number of hydrogen-bond acceptors (Lipinski definition) is 4. The number of nitrogens with zero attached hydrogens (tertiary/aromatic N) is 2. The summed E-state index contributed by atoms with van der Waals surface area (Å²) < 4.78 is 0. The molecule has 1 aromatic carbocycles. The van der Waals surface area contributed by atoms with Crippen molar-refractivity contribution in [3.05, 3.63) is 29.8 Å². The fourth-order valence-electron chi connectivity index (χ4n) is 3.26. The lowest BCUT2D eigenvalue weighted by atomic mass is 9.99. The van der Waals surface area contributed by atoms with Gasteiger partial charge in [-0.3, -0.25) is 19.3 Å². The Kier molecular flexibility index (Phi) is 6.67. The van der Waals surface area contributed by atoms with Crippen LogP contribution < -0.4 is 10.6 Å². The SMILES string of the molecule is CCC(C)c1ccc(NC(=O)CN2CCN(C(=O)C(=O)NC3CC3)CC2)cc1. The Morgan fingerprint density at radius 1 is 1.07 bits per heavy atom. The van der Waals surface area contributed by atoms with Crippen LogP contribution in [0.5, 0.6) is 0 Å². The fourth-order valence-corrected chi connectivity index (χ4v) is 3.26. The minimum Gasteiger partial charge on any atom is -0.345 e. The average molecular weight is 386 g/mol. The second-order valence-electron chi connectivity index (χ2n) is 7.80. The van der Waals surface area contributed by atoms with E-state index in [1.54, 1.807) is 4.90 Å². The standard InChI is InChI=1S/C21H30N4O3/c1-3-15(2)16-4-6-17(7-5-16)22-19(26)14-24-10-12-25(13-11-24)21(28)20(27)23-18-8-9-18/h4-7,15,18H,3,8-14H2,1-2H3,(H,22,26)(H,23,27). The van der Waals surface area contributed by atoms with Crippen LogP contribution in [-0.2, 0) is 14.4 Å². The van der Waals surface area contributed by atoms with Gasteiger partial charge in [-0.05, 0) is 42.9 Å². The number of nitrogens with one attached hydrogen (secondary N) is 2. The highest BCUT2D eigenvalue weighted by Gasteiger charge is 2.30. The smallest absolute Gasteiger partial charge is 0.311 e. The number of hydrogen-bond donors (Lipinski definition) is 2. The van der Waals surface area contributed by atoms with Crippen LogP contribution in [-0.4, -0.2) is 66.3 Å². The van der Waals surface area contributed by atoms with Gasteiger partial charge in [0.05, 0.1) is 6.54 Å². The van der Waals surface area contributed by atoms with Gasteiger partial charge >= 0.3 is 11.8 Å². The zero-order valence-corrected chi connectivity index (χ0v) is 16.7. The summed E-state index contributed by atoms with van der Waals surface area (Å²) in [6.07, 6.45) is 3.01. The lowest BCUT2D eigenvalue weighted by molar-refractivity contribution is -0.147. The molecule has 1 aliphatic carbocycles. The van der Waals surface area contributed by atoms with Gasteiger partial charge in [-0.15, -0.1) is 0 Å². The van der Waals surface area contributed by atoms with Gasteiger partial charge in [-0.25, -0.2) is 0 Å². The van der Waals surface area contributed by atoms with Gasteiger partial charge in [0.2, 0.25) is 5.91 Å². The van der Waals surface area contributed by atoms with E-state index >= 15 is 0 Å². The van der Waals surface area contributed by atoms with Gasteiger partial charge < -0.3 is 15.5 Å². The molecule has 2 fully saturated rings. The summed E-state index contributed by atoms with van der Waals surface area (Å²) in [6.45, 7) is 6.73. The van der Waals surface area contributed by atoms with E-state index < -0.39 is 11.8 Å². The first-order valence-corrected chi connectivity index (χ1v) is 10.2. The summed E-state index contributed by atoms with van der Waals surface area (Å²) in [5.74, 6) is -0.524. The summed E-state index contributed by atoms with van der Waals surface area (Å²) in [5, 5.41) is 5.66. The fraction of sp³-hybridized carbons (Fsp3) is 0.571. The number of piperazine rings is 1. The predicted octanol–water partition coefficient (Wildman–Crippen LogP) is 1.56. The number of carbonyl (C=O) groups is 3. The molecule has 3 amide bonds. The maximum atomic E-state index is 12.3. The molecule has 1 heterocycles. The number of carbonyl (C=O) groups excluding carboxylic acids is 3. The van der Waals surface area contributed by atoms with Gasteiger partial charge in [-0.2, -0.15) is 0 Å². The molecule has 7 heteroatoms. The second kappa shape index (κ2) is 9.19. The molecule has 1 saturated carbocycles. The van der Waals surface area contributed by atoms with Crippen LogP contribution in [0.1, 0.15) is 44.6 Å². The highest BCUT2D eigenvalue weighted by molar-refractivity contribution is 6.35. The molecule has 0 spiro atoms. The summed E-state index contributed by atoms with van der Waals surface area (Å²) in [5.41, 5.74) is 2.06. The van der Waals surface area contributed by atoms with Crippen molar-refractivity contribution in [3.8, 4) is 0 Å². The second-order valence-corrected chi connectivity index (χ2v) is 7.80. The van der Waals surface area contributed by atoms with Gasteiger partial charge in [0.25, 0.3) is 0 Å². The van der Waals surface area contributed by atoms with Gasteiger partial charge in [0.1, 0.15) is 0 Å². The molecular weight excluding hydrogens is 356 g/mol. The Balaban J connectivity index is 1.40. The molecule has 1 atom stereocenters. The van der Waals surface area contributed by atoms with E-state index in [-0.39, 0.29) is 18.5 Å². The monoisotopic (exact) mass is 386 g/mol. The third-order valence-electron chi connectivity index (χ3n) is 5.51. The summed E-state index contributed by atoms with van der Waals surface area (Å²) in [6, 6.07) is 8.17. The van der Waals surface area contributed by atoms with Crippen molar-refractivity contribution in [2.24, 2.45) is 0 Å². The molecule has 1 saturated heterocycles. The topological polar surface area (TPSA) is 81.8 Å². The Hall–Kier alpha value is -2.41. The Labute approximate surface area is 166 Å². The van der Waals surface area contributed by atoms with Crippen molar-refractivity contribution in [3.63, 3.8) is 0 Å². The van der Waals surface area contributed by atoms with Crippen LogP contribution in [0.25, 0.3) is 0 Å². The van der Waals surface area contributed by atoms with Crippen molar-refractivity contribution < 1.29 is 14.4 Å². The van der Waals surface area contributed by atoms with E-state index in [4.69, 9.17) is 0 Å². The van der Waals surface area contributed by atoms with Gasteiger partial charge in [0.15, 0.2) is 0 Å². The van der Waals surface area contributed by atoms with E-state index in [9.17, 15) is 14.4 Å². The van der Waals surface area contributed by atoms with E-state index in [0.29, 0.717) is 32.1 Å². The molecule has 2 N–H and O–H groups in total. The van der Waals surface area contributed by atoms with Crippen LogP contribution in [0.15, 0.2) is 24.3 Å². The minimum absolute atomic E-state index is 0.0671. The van der Waals surface area contributed by atoms with E-state index in [1.807, 2.05) is 17.0 Å². The van der Waals surface area contributed by atoms with Crippen molar-refractivity contribution >= 4 is 23.4 Å². The molecule has 1 aromatic rings. The average Bonchev–Trinajstić information content (AvgIpc) is 3.52. The first-order valence-electron chi connectivity index (χ1n) is 10.2. The summed E-state index contributed by atoms with van der Waals surface area (Å²) in [7, 11) is 0. The number of amides is 3. The molecule has 2 aliphatic rings. The largest absolute Gasteiger partial charge is 0.345 e. The maximum Gasteiger partial charge on any atom is 0.311 e. The zero-order chi connectivity index (χ0) is 20.1. The van der Waals surface area contributed by atoms with Crippen LogP contribution in [0.3, 0.4) is 0 Å². The van der Waals surface area contributed by atoms with Gasteiger partial charge in [0, 0.05) is 37.9 Å². The normalized spacial score (nSPS) is 18.4. The Morgan fingerprint density at radius 3 is 2.29 bits per heavy atom. The highest BCUT2D eigenvalue weighted by Crippen LogP contribution is 2.20. The van der Waals surface area contributed by atoms with Crippen LogP contribution in [0.2, 0.25) is 0 Å². The molecule has 1 aliphatic heterocycles. The quantitative estimate of drug-likeness (QED) is 0.727. The molecule has 1 unspecified atom stereocenters. The molecule has 3 rings (SSSR count). The van der Waals surface area contributed by atoms with Gasteiger partial charge in [-0.1, -0.05) is 26.0 Å². The first kappa shape index (κ1) is 20.3. The third kappa shape index (κ3) is 5.55. The Bertz CT molecular complexity index is 707. The van der Waals surface area contributed by atoms with Crippen molar-refractivity contribution in [1.29, 1.82) is 0 Å². The van der Waals surface area contributed by atoms with Crippen LogP contribution in [0.4, 0.5) is 5.69 Å². The first-order chi connectivity index (χ1) is 13.5. The predicted molar refractivity (Wildman–Crippen MR) is 108 cm³/mol. The summed E-state index contributed by atoms with van der Waals surface area (Å²) in [4.78, 5) is 39.9. The minimum atomic E-state index is -0.505. The third-order valence-corrected chi connectivity index (χ3v) is 5.51. The zero-order valence-electron chi connectivity index (χ0n) is 16.7. The molecular formula is C21H30N4O3. The highest BCUT2D eigenvalue weighted by atomic mass is 16.2. The van der Waals surface area contributed by atoms with Crippen molar-refractivity contribution in [1.82, 2.24) is 15.1 Å². The number of anilines is 1. The van der Waals surface area contributed by atoms with E-state index in [1.165, 1.54) is 5.56 Å². The molecule has 28 heavy (non-hydrogen) atoms.